The first-order chi connectivity index (χ1) is 13.8. The molecule has 2 fully saturated rings. The maximum atomic E-state index is 10.3. The Kier molecular flexibility index (Phi) is 4.85. The maximum Gasteiger partial charge on any atom is 0.359 e. The molecule has 29 heavy (non-hydrogen) atoms. The lowest BCUT2D eigenvalue weighted by molar-refractivity contribution is -0.253. The van der Waals surface area contributed by atoms with Gasteiger partial charge in [0.25, 0.3) is 0 Å². The van der Waals surface area contributed by atoms with Crippen LogP contribution >= 0.6 is 0 Å². The van der Waals surface area contributed by atoms with Crippen molar-refractivity contribution in [2.75, 3.05) is 6.61 Å². The van der Waals surface area contributed by atoms with Crippen LogP contribution in [0.15, 0.2) is 36.4 Å². The smallest absolute Gasteiger partial charge is 0.359 e. The van der Waals surface area contributed by atoms with Crippen LogP contribution in [0.25, 0.3) is 12.2 Å². The highest BCUT2D eigenvalue weighted by molar-refractivity contribution is 5.72. The molecule has 2 aromatic rings. The second-order valence-electron chi connectivity index (χ2n) is 6.91. The molecule has 9 nitrogen and oxygen atoms in total. The van der Waals surface area contributed by atoms with Crippen LogP contribution in [-0.4, -0.2) is 67.6 Å². The lowest BCUT2D eigenvalue weighted by Crippen LogP contribution is -2.54. The number of rotatable bonds is 5. The zero-order chi connectivity index (χ0) is 20.8. The molecule has 2 heterocycles. The summed E-state index contributed by atoms with van der Waals surface area (Å²) in [6.45, 7) is -0.542. The Balaban J connectivity index is 1.49. The molecule has 4 rings (SSSR count). The number of benzene rings is 2. The highest BCUT2D eigenvalue weighted by atomic mass is 17.0. The van der Waals surface area contributed by atoms with Gasteiger partial charge in [-0.1, -0.05) is 18.2 Å². The lowest BCUT2D eigenvalue weighted by atomic mass is 10.0. The Morgan fingerprint density at radius 1 is 0.897 bits per heavy atom. The van der Waals surface area contributed by atoms with Crippen molar-refractivity contribution < 1.29 is 44.8 Å². The number of fused-ring (bicyclic) bond motifs is 1. The van der Waals surface area contributed by atoms with E-state index in [2.05, 4.69) is 0 Å². The van der Waals surface area contributed by atoms with E-state index in [1.54, 1.807) is 18.2 Å². The number of hydrogen-bond acceptors (Lipinski definition) is 9. The van der Waals surface area contributed by atoms with Crippen molar-refractivity contribution in [2.45, 2.75) is 30.4 Å². The van der Waals surface area contributed by atoms with Gasteiger partial charge in [-0.2, -0.15) is 0 Å². The van der Waals surface area contributed by atoms with E-state index < -0.39 is 37.0 Å². The molecule has 9 heteroatoms. The van der Waals surface area contributed by atoms with Crippen LogP contribution < -0.4 is 4.74 Å². The Hall–Kier alpha value is -2.82. The topological polar surface area (TPSA) is 152 Å². The second-order valence-corrected chi connectivity index (χ2v) is 6.91. The Morgan fingerprint density at radius 2 is 1.59 bits per heavy atom. The number of aliphatic hydroxyl groups excluding tert-OH is 3. The van der Waals surface area contributed by atoms with Crippen LogP contribution in [0, 0.1) is 0 Å². The van der Waals surface area contributed by atoms with Gasteiger partial charge in [0.2, 0.25) is 0 Å². The number of phenolic OH excluding ortho intramolecular Hbond substituents is 3. The van der Waals surface area contributed by atoms with Crippen molar-refractivity contribution in [1.82, 2.24) is 0 Å². The Morgan fingerprint density at radius 3 is 2.24 bits per heavy atom. The first-order valence-corrected chi connectivity index (χ1v) is 8.87. The minimum Gasteiger partial charge on any atom is -0.508 e. The number of aromatic hydroxyl groups is 3. The van der Waals surface area contributed by atoms with Gasteiger partial charge in [0, 0.05) is 6.07 Å². The van der Waals surface area contributed by atoms with Crippen molar-refractivity contribution in [1.29, 1.82) is 0 Å². The van der Waals surface area contributed by atoms with Crippen LogP contribution in [0.5, 0.6) is 23.0 Å². The van der Waals surface area contributed by atoms with Crippen LogP contribution in [0.4, 0.5) is 0 Å². The molecule has 2 aliphatic heterocycles. The molecule has 0 radical (unpaired) electrons. The van der Waals surface area contributed by atoms with E-state index in [1.807, 2.05) is 0 Å². The van der Waals surface area contributed by atoms with Crippen molar-refractivity contribution in [3.63, 3.8) is 0 Å². The normalized spacial score (nSPS) is 30.9. The lowest BCUT2D eigenvalue weighted by Gasteiger charge is -2.32. The SMILES string of the molecule is OCC1O[C@]2(Oc3ccc(/C=C/c4cc(O)cc(O)c4)cc3O)OC2C(O)[C@@H]1O. The monoisotopic (exact) mass is 404 g/mol. The molecule has 0 aromatic heterocycles. The summed E-state index contributed by atoms with van der Waals surface area (Å²) < 4.78 is 16.3. The number of hydrogen-bond donors (Lipinski definition) is 6. The number of ether oxygens (including phenoxy) is 3. The van der Waals surface area contributed by atoms with E-state index >= 15 is 0 Å². The Labute approximate surface area is 165 Å². The maximum absolute atomic E-state index is 10.3. The van der Waals surface area contributed by atoms with Crippen LogP contribution in [0.3, 0.4) is 0 Å². The van der Waals surface area contributed by atoms with Crippen LogP contribution in [0.2, 0.25) is 0 Å². The quantitative estimate of drug-likeness (QED) is 0.309. The zero-order valence-corrected chi connectivity index (χ0v) is 15.0. The van der Waals surface area contributed by atoms with Gasteiger partial charge in [0.05, 0.1) is 6.61 Å². The first kappa shape index (κ1) is 19.5. The number of phenols is 3. The molecule has 0 aliphatic carbocycles. The molecule has 0 amide bonds. The molecule has 0 bridgehead atoms. The van der Waals surface area contributed by atoms with Gasteiger partial charge in [-0.3, -0.25) is 4.74 Å². The summed E-state index contributed by atoms with van der Waals surface area (Å²) in [5.41, 5.74) is 1.17. The van der Waals surface area contributed by atoms with Gasteiger partial charge < -0.3 is 40.1 Å². The van der Waals surface area contributed by atoms with Gasteiger partial charge in [0.1, 0.15) is 29.8 Å². The van der Waals surface area contributed by atoms with Crippen molar-refractivity contribution in [2.24, 2.45) is 0 Å². The highest BCUT2D eigenvalue weighted by Crippen LogP contribution is 2.48. The third kappa shape index (κ3) is 3.74. The minimum absolute atomic E-state index is 0.0277. The third-order valence-electron chi connectivity index (χ3n) is 4.75. The van der Waals surface area contributed by atoms with Crippen molar-refractivity contribution in [3.8, 4) is 23.0 Å². The van der Waals surface area contributed by atoms with Gasteiger partial charge in [-0.25, -0.2) is 0 Å². The molecule has 5 atom stereocenters. The molecule has 2 aliphatic rings. The Bertz CT molecular complexity index is 923. The fourth-order valence-corrected chi connectivity index (χ4v) is 3.23. The van der Waals surface area contributed by atoms with E-state index in [0.717, 1.165) is 0 Å². The molecule has 0 saturated carbocycles. The van der Waals surface area contributed by atoms with E-state index in [9.17, 15) is 30.6 Å². The molecule has 154 valence electrons. The summed E-state index contributed by atoms with van der Waals surface area (Å²) in [5.74, 6) is -2.02. The van der Waals surface area contributed by atoms with Crippen LogP contribution in [0.1, 0.15) is 11.1 Å². The third-order valence-corrected chi connectivity index (χ3v) is 4.75. The first-order valence-electron chi connectivity index (χ1n) is 8.87. The highest BCUT2D eigenvalue weighted by Gasteiger charge is 2.72. The minimum atomic E-state index is -1.68. The van der Waals surface area contributed by atoms with E-state index in [0.29, 0.717) is 11.1 Å². The van der Waals surface area contributed by atoms with Crippen molar-refractivity contribution >= 4 is 12.2 Å². The average Bonchev–Trinajstić information content (AvgIpc) is 3.39. The predicted molar refractivity (Wildman–Crippen MR) is 99.0 cm³/mol. The van der Waals surface area contributed by atoms with Crippen LogP contribution in [-0.2, 0) is 9.47 Å². The molecule has 2 saturated heterocycles. The number of aliphatic hydroxyl groups is 3. The molecule has 0 spiro atoms. The largest absolute Gasteiger partial charge is 0.508 e. The van der Waals surface area contributed by atoms with Gasteiger partial charge >= 0.3 is 5.97 Å². The summed E-state index contributed by atoms with van der Waals surface area (Å²) in [6.07, 6.45) is -1.36. The van der Waals surface area contributed by atoms with Gasteiger partial charge in [0.15, 0.2) is 17.6 Å². The molecule has 6 N–H and O–H groups in total. The average molecular weight is 404 g/mol. The summed E-state index contributed by atoms with van der Waals surface area (Å²) in [5, 5.41) is 58.4. The second kappa shape index (κ2) is 7.21. The molecular formula is C20H20O9. The predicted octanol–water partition coefficient (Wildman–Crippen LogP) is 0.518. The number of epoxide rings is 1. The molecule has 2 aromatic carbocycles. The van der Waals surface area contributed by atoms with Crippen molar-refractivity contribution in [3.05, 3.63) is 47.5 Å². The van der Waals surface area contributed by atoms with Gasteiger partial charge in [-0.05, 0) is 35.4 Å². The summed E-state index contributed by atoms with van der Waals surface area (Å²) in [4.78, 5) is 0. The summed E-state index contributed by atoms with van der Waals surface area (Å²) in [7, 11) is 0. The van der Waals surface area contributed by atoms with Gasteiger partial charge in [-0.15, -0.1) is 0 Å². The molecule has 3 unspecified atom stereocenters. The standard InChI is InChI=1S/C20H20O9/c21-9-16-17(25)18(26)19-20(28-16,29-19)27-15-4-3-10(7-14(15)24)1-2-11-5-12(22)8-13(23)6-11/h1-8,16-19,21-26H,9H2/b2-1+/t16?,17-,18?,19?,20+/m1/s1. The van der Waals surface area contributed by atoms with E-state index in [1.165, 1.54) is 30.3 Å². The van der Waals surface area contributed by atoms with E-state index in [4.69, 9.17) is 14.2 Å². The molecular weight excluding hydrogens is 384 g/mol. The summed E-state index contributed by atoms with van der Waals surface area (Å²) >= 11 is 0. The fourth-order valence-electron chi connectivity index (χ4n) is 3.23. The zero-order valence-electron chi connectivity index (χ0n) is 15.0. The van der Waals surface area contributed by atoms with E-state index in [-0.39, 0.29) is 23.0 Å². The summed E-state index contributed by atoms with van der Waals surface area (Å²) in [6, 6.07) is 8.67. The fraction of sp³-hybridized carbons (Fsp3) is 0.300.